The predicted molar refractivity (Wildman–Crippen MR) is 83.8 cm³/mol. The lowest BCUT2D eigenvalue weighted by Gasteiger charge is -2.09. The van der Waals surface area contributed by atoms with E-state index < -0.39 is 0 Å². The van der Waals surface area contributed by atoms with Crippen molar-refractivity contribution in [2.75, 3.05) is 17.7 Å². The summed E-state index contributed by atoms with van der Waals surface area (Å²) < 4.78 is 0. The van der Waals surface area contributed by atoms with Gasteiger partial charge in [-0.25, -0.2) is 0 Å². The summed E-state index contributed by atoms with van der Waals surface area (Å²) >= 11 is 1.71. The van der Waals surface area contributed by atoms with Crippen molar-refractivity contribution in [3.05, 3.63) is 49.7 Å². The number of nitro groups is 1. The quantitative estimate of drug-likeness (QED) is 0.647. The van der Waals surface area contributed by atoms with Crippen LogP contribution >= 0.6 is 11.3 Å². The van der Waals surface area contributed by atoms with Gasteiger partial charge in [-0.2, -0.15) is 0 Å². The number of nitro benzene ring substituents is 1. The SMILES string of the molecule is CNc1cccc(NCc2cc(C)c(C)s2)c1[N+](=O)[O-]. The summed E-state index contributed by atoms with van der Waals surface area (Å²) in [6, 6.07) is 7.34. The molecule has 6 heteroatoms. The highest BCUT2D eigenvalue weighted by molar-refractivity contribution is 7.12. The molecule has 0 amide bonds. The molecule has 106 valence electrons. The molecule has 0 spiro atoms. The number of benzene rings is 1. The summed E-state index contributed by atoms with van der Waals surface area (Å²) in [5.74, 6) is 0. The van der Waals surface area contributed by atoms with Crippen molar-refractivity contribution < 1.29 is 4.92 Å². The maximum absolute atomic E-state index is 11.2. The Labute approximate surface area is 121 Å². The molecule has 0 aliphatic carbocycles. The molecule has 0 atom stereocenters. The first-order valence-corrected chi connectivity index (χ1v) is 7.09. The van der Waals surface area contributed by atoms with E-state index in [1.54, 1.807) is 36.6 Å². The third-order valence-corrected chi connectivity index (χ3v) is 4.31. The summed E-state index contributed by atoms with van der Waals surface area (Å²) in [7, 11) is 1.68. The molecular weight excluding hydrogens is 274 g/mol. The molecule has 0 aliphatic heterocycles. The van der Waals surface area contributed by atoms with E-state index in [0.29, 0.717) is 17.9 Å². The molecule has 0 aliphatic rings. The van der Waals surface area contributed by atoms with Gasteiger partial charge >= 0.3 is 5.69 Å². The van der Waals surface area contributed by atoms with Crippen molar-refractivity contribution in [1.82, 2.24) is 0 Å². The Morgan fingerprint density at radius 1 is 1.30 bits per heavy atom. The van der Waals surface area contributed by atoms with Crippen LogP contribution in [0.4, 0.5) is 17.1 Å². The lowest BCUT2D eigenvalue weighted by molar-refractivity contribution is -0.383. The van der Waals surface area contributed by atoms with E-state index in [0.717, 1.165) is 0 Å². The standard InChI is InChI=1S/C14H17N3O2S/c1-9-7-11(20-10(9)2)8-16-13-6-4-5-12(15-3)14(13)17(18)19/h4-7,15-16H,8H2,1-3H3. The third-order valence-electron chi connectivity index (χ3n) is 3.16. The van der Waals surface area contributed by atoms with Gasteiger partial charge in [-0.15, -0.1) is 11.3 Å². The fourth-order valence-electron chi connectivity index (χ4n) is 2.00. The second-order valence-electron chi connectivity index (χ2n) is 4.51. The summed E-state index contributed by atoms with van der Waals surface area (Å²) in [4.78, 5) is 13.3. The maximum atomic E-state index is 11.2. The van der Waals surface area contributed by atoms with E-state index in [1.165, 1.54) is 15.3 Å². The highest BCUT2D eigenvalue weighted by Crippen LogP contribution is 2.33. The average molecular weight is 291 g/mol. The van der Waals surface area contributed by atoms with E-state index in [9.17, 15) is 10.1 Å². The monoisotopic (exact) mass is 291 g/mol. The van der Waals surface area contributed by atoms with Crippen LogP contribution in [0.15, 0.2) is 24.3 Å². The van der Waals surface area contributed by atoms with Crippen LogP contribution in [0.5, 0.6) is 0 Å². The number of aryl methyl sites for hydroxylation is 2. The molecule has 0 radical (unpaired) electrons. The second-order valence-corrected chi connectivity index (χ2v) is 5.86. The Bertz CT molecular complexity index is 618. The molecule has 1 aromatic heterocycles. The predicted octanol–water partition coefficient (Wildman–Crippen LogP) is 3.93. The van der Waals surface area contributed by atoms with E-state index in [1.807, 2.05) is 0 Å². The fraction of sp³-hybridized carbons (Fsp3) is 0.286. The van der Waals surface area contributed by atoms with Gasteiger partial charge in [0.25, 0.3) is 0 Å². The molecule has 1 heterocycles. The zero-order valence-corrected chi connectivity index (χ0v) is 12.5. The van der Waals surface area contributed by atoms with Gasteiger partial charge in [0.2, 0.25) is 0 Å². The Kier molecular flexibility index (Phi) is 4.24. The van der Waals surface area contributed by atoms with Gasteiger partial charge in [0.15, 0.2) is 0 Å². The van der Waals surface area contributed by atoms with Crippen LogP contribution in [-0.4, -0.2) is 12.0 Å². The molecule has 0 saturated heterocycles. The zero-order chi connectivity index (χ0) is 14.7. The highest BCUT2D eigenvalue weighted by atomic mass is 32.1. The van der Waals surface area contributed by atoms with Crippen molar-refractivity contribution in [3.8, 4) is 0 Å². The van der Waals surface area contributed by atoms with Gasteiger partial charge in [0, 0.05) is 23.3 Å². The number of rotatable bonds is 5. The summed E-state index contributed by atoms with van der Waals surface area (Å²) in [6.07, 6.45) is 0. The fourth-order valence-corrected chi connectivity index (χ4v) is 3.00. The van der Waals surface area contributed by atoms with Crippen LogP contribution in [0.1, 0.15) is 15.3 Å². The zero-order valence-electron chi connectivity index (χ0n) is 11.7. The molecule has 2 N–H and O–H groups in total. The number of anilines is 2. The molecule has 20 heavy (non-hydrogen) atoms. The average Bonchev–Trinajstić information content (AvgIpc) is 2.74. The van der Waals surface area contributed by atoms with Gasteiger partial charge in [-0.3, -0.25) is 10.1 Å². The van der Waals surface area contributed by atoms with Crippen molar-refractivity contribution in [2.45, 2.75) is 20.4 Å². The summed E-state index contributed by atoms with van der Waals surface area (Å²) in [5.41, 5.74) is 2.38. The number of hydrogen-bond donors (Lipinski definition) is 2. The minimum atomic E-state index is -0.362. The normalized spacial score (nSPS) is 10.3. The molecule has 1 aromatic carbocycles. The number of para-hydroxylation sites is 1. The van der Waals surface area contributed by atoms with Crippen LogP contribution in [-0.2, 0) is 6.54 Å². The second kappa shape index (κ2) is 5.92. The third kappa shape index (κ3) is 2.91. The highest BCUT2D eigenvalue weighted by Gasteiger charge is 2.18. The minimum Gasteiger partial charge on any atom is -0.382 e. The van der Waals surface area contributed by atoms with Crippen molar-refractivity contribution in [2.24, 2.45) is 0 Å². The van der Waals surface area contributed by atoms with Crippen LogP contribution < -0.4 is 10.6 Å². The van der Waals surface area contributed by atoms with E-state index in [2.05, 4.69) is 30.5 Å². The largest absolute Gasteiger partial charge is 0.382 e. The van der Waals surface area contributed by atoms with Crippen molar-refractivity contribution in [3.63, 3.8) is 0 Å². The molecule has 0 unspecified atom stereocenters. The molecule has 5 nitrogen and oxygen atoms in total. The summed E-state index contributed by atoms with van der Waals surface area (Å²) in [6.45, 7) is 4.74. The van der Waals surface area contributed by atoms with Crippen molar-refractivity contribution in [1.29, 1.82) is 0 Å². The molecule has 0 saturated carbocycles. The van der Waals surface area contributed by atoms with Crippen LogP contribution in [0, 0.1) is 24.0 Å². The van der Waals surface area contributed by atoms with Gasteiger partial charge in [-0.05, 0) is 37.6 Å². The first kappa shape index (κ1) is 14.3. The van der Waals surface area contributed by atoms with Crippen LogP contribution in [0.25, 0.3) is 0 Å². The Morgan fingerprint density at radius 3 is 2.55 bits per heavy atom. The lowest BCUT2D eigenvalue weighted by atomic mass is 10.2. The van der Waals surface area contributed by atoms with Gasteiger partial charge in [0.1, 0.15) is 11.4 Å². The first-order chi connectivity index (χ1) is 9.52. The smallest absolute Gasteiger partial charge is 0.315 e. The van der Waals surface area contributed by atoms with E-state index >= 15 is 0 Å². The number of hydrogen-bond acceptors (Lipinski definition) is 5. The maximum Gasteiger partial charge on any atom is 0.315 e. The topological polar surface area (TPSA) is 67.2 Å². The molecule has 2 rings (SSSR count). The van der Waals surface area contributed by atoms with Gasteiger partial charge < -0.3 is 10.6 Å². The Hall–Kier alpha value is -2.08. The number of nitrogens with zero attached hydrogens (tertiary/aromatic N) is 1. The van der Waals surface area contributed by atoms with Crippen LogP contribution in [0.2, 0.25) is 0 Å². The van der Waals surface area contributed by atoms with Crippen LogP contribution in [0.3, 0.4) is 0 Å². The van der Waals surface area contributed by atoms with Crippen molar-refractivity contribution >= 4 is 28.4 Å². The molecule has 0 fully saturated rings. The summed E-state index contributed by atoms with van der Waals surface area (Å²) in [5, 5.41) is 17.2. The lowest BCUT2D eigenvalue weighted by Crippen LogP contribution is -2.04. The van der Waals surface area contributed by atoms with Gasteiger partial charge in [-0.1, -0.05) is 6.07 Å². The number of thiophene rings is 1. The Morgan fingerprint density at radius 2 is 2.00 bits per heavy atom. The van der Waals surface area contributed by atoms with Gasteiger partial charge in [0.05, 0.1) is 4.92 Å². The minimum absolute atomic E-state index is 0.0833. The number of nitrogens with one attached hydrogen (secondary N) is 2. The molecule has 0 bridgehead atoms. The van der Waals surface area contributed by atoms with E-state index in [4.69, 9.17) is 0 Å². The molecule has 2 aromatic rings. The first-order valence-electron chi connectivity index (χ1n) is 6.28. The van der Waals surface area contributed by atoms with E-state index in [-0.39, 0.29) is 10.6 Å². The Balaban J connectivity index is 2.23. The molecular formula is C14H17N3O2S.